The van der Waals surface area contributed by atoms with Crippen molar-refractivity contribution in [1.29, 1.82) is 0 Å². The van der Waals surface area contributed by atoms with Gasteiger partial charge in [-0.2, -0.15) is 0 Å². The number of hydrogen-bond donors (Lipinski definition) is 3. The Bertz CT molecular complexity index is 562. The quantitative estimate of drug-likeness (QED) is 0.572. The molecule has 0 saturated carbocycles. The van der Waals surface area contributed by atoms with Crippen molar-refractivity contribution in [2.75, 3.05) is 5.32 Å². The molecule has 5 nitrogen and oxygen atoms in total. The first-order chi connectivity index (χ1) is 9.01. The molecule has 0 atom stereocenters. The molecule has 3 N–H and O–H groups in total. The largest absolute Gasteiger partial charge is 0.326 e. The third kappa shape index (κ3) is 2.82. The first-order valence-electron chi connectivity index (χ1n) is 6.10. The molecule has 1 aliphatic rings. The van der Waals surface area contributed by atoms with E-state index in [-0.39, 0.29) is 11.8 Å². The molecular weight excluding hydrogens is 244 g/mol. The van der Waals surface area contributed by atoms with Crippen LogP contribution in [0.5, 0.6) is 0 Å². The number of fused-ring (bicyclic) bond motifs is 1. The van der Waals surface area contributed by atoms with E-state index in [1.165, 1.54) is 0 Å². The van der Waals surface area contributed by atoms with Gasteiger partial charge in [0.1, 0.15) is 0 Å². The number of rotatable bonds is 3. The SMILES string of the molecule is CC(C)C(=O)Nc1ccc2c(c1)C=C(C(=O)NO)C2. The molecule has 1 aliphatic carbocycles. The number of nitrogens with one attached hydrogen (secondary N) is 2. The van der Waals surface area contributed by atoms with Crippen molar-refractivity contribution >= 4 is 23.6 Å². The summed E-state index contributed by atoms with van der Waals surface area (Å²) in [5.41, 5.74) is 4.73. The van der Waals surface area contributed by atoms with E-state index in [0.29, 0.717) is 17.7 Å². The van der Waals surface area contributed by atoms with Crippen LogP contribution in [0.4, 0.5) is 5.69 Å². The van der Waals surface area contributed by atoms with Gasteiger partial charge in [-0.15, -0.1) is 0 Å². The highest BCUT2D eigenvalue weighted by Crippen LogP contribution is 2.27. The third-order valence-electron chi connectivity index (χ3n) is 3.04. The van der Waals surface area contributed by atoms with Crippen LogP contribution in [0.25, 0.3) is 6.08 Å². The maximum atomic E-state index is 11.6. The molecule has 0 unspecified atom stereocenters. The van der Waals surface area contributed by atoms with E-state index < -0.39 is 5.91 Å². The molecule has 100 valence electrons. The normalized spacial score (nSPS) is 12.9. The fourth-order valence-corrected chi connectivity index (χ4v) is 1.92. The second-order valence-corrected chi connectivity index (χ2v) is 4.84. The minimum absolute atomic E-state index is 0.0461. The average Bonchev–Trinajstić information content (AvgIpc) is 2.80. The molecule has 0 bridgehead atoms. The molecule has 0 spiro atoms. The highest BCUT2D eigenvalue weighted by Gasteiger charge is 2.18. The Kier molecular flexibility index (Phi) is 3.66. The fraction of sp³-hybridized carbons (Fsp3) is 0.286. The molecule has 2 rings (SSSR count). The first-order valence-corrected chi connectivity index (χ1v) is 6.10. The van der Waals surface area contributed by atoms with Crippen LogP contribution in [0, 0.1) is 5.92 Å². The van der Waals surface area contributed by atoms with Crippen LogP contribution in [-0.4, -0.2) is 17.0 Å². The van der Waals surface area contributed by atoms with E-state index in [1.54, 1.807) is 11.6 Å². The molecule has 0 heterocycles. The van der Waals surface area contributed by atoms with Crippen LogP contribution in [0.2, 0.25) is 0 Å². The predicted octanol–water partition coefficient (Wildman–Crippen LogP) is 1.73. The number of amides is 2. The second kappa shape index (κ2) is 5.24. The third-order valence-corrected chi connectivity index (χ3v) is 3.04. The smallest absolute Gasteiger partial charge is 0.270 e. The van der Waals surface area contributed by atoms with Gasteiger partial charge in [0, 0.05) is 23.6 Å². The molecule has 5 heteroatoms. The summed E-state index contributed by atoms with van der Waals surface area (Å²) in [5.74, 6) is -0.626. The number of hydrogen-bond acceptors (Lipinski definition) is 3. The van der Waals surface area contributed by atoms with Gasteiger partial charge in [-0.05, 0) is 29.3 Å². The molecule has 0 saturated heterocycles. The van der Waals surface area contributed by atoms with Crippen LogP contribution in [0.1, 0.15) is 25.0 Å². The van der Waals surface area contributed by atoms with Crippen LogP contribution in [-0.2, 0) is 16.0 Å². The molecule has 1 aromatic rings. The summed E-state index contributed by atoms with van der Waals surface area (Å²) >= 11 is 0. The van der Waals surface area contributed by atoms with Gasteiger partial charge in [-0.3, -0.25) is 14.8 Å². The summed E-state index contributed by atoms with van der Waals surface area (Å²) in [4.78, 5) is 22.9. The van der Waals surface area contributed by atoms with Crippen molar-refractivity contribution in [3.05, 3.63) is 34.9 Å². The Hall–Kier alpha value is -2.14. The van der Waals surface area contributed by atoms with Crippen molar-refractivity contribution < 1.29 is 14.8 Å². The van der Waals surface area contributed by atoms with E-state index in [0.717, 1.165) is 11.1 Å². The van der Waals surface area contributed by atoms with Gasteiger partial charge in [0.05, 0.1) is 0 Å². The Morgan fingerprint density at radius 1 is 1.32 bits per heavy atom. The highest BCUT2D eigenvalue weighted by molar-refractivity contribution is 6.00. The maximum absolute atomic E-state index is 11.6. The second-order valence-electron chi connectivity index (χ2n) is 4.84. The van der Waals surface area contributed by atoms with E-state index in [9.17, 15) is 9.59 Å². The van der Waals surface area contributed by atoms with Gasteiger partial charge in [0.2, 0.25) is 5.91 Å². The summed E-state index contributed by atoms with van der Waals surface area (Å²) in [6, 6.07) is 5.51. The van der Waals surface area contributed by atoms with Crippen LogP contribution >= 0.6 is 0 Å². The molecule has 0 radical (unpaired) electrons. The van der Waals surface area contributed by atoms with Crippen LogP contribution < -0.4 is 10.8 Å². The van der Waals surface area contributed by atoms with Crippen molar-refractivity contribution in [3.8, 4) is 0 Å². The summed E-state index contributed by atoms with van der Waals surface area (Å²) in [6.07, 6.45) is 2.20. The molecule has 2 amide bonds. The Morgan fingerprint density at radius 2 is 2.05 bits per heavy atom. The lowest BCUT2D eigenvalue weighted by Crippen LogP contribution is -2.20. The monoisotopic (exact) mass is 260 g/mol. The zero-order valence-electron chi connectivity index (χ0n) is 10.9. The first kappa shape index (κ1) is 13.3. The number of hydroxylamine groups is 1. The number of carbonyl (C=O) groups is 2. The van der Waals surface area contributed by atoms with Gasteiger partial charge in [0.15, 0.2) is 0 Å². The van der Waals surface area contributed by atoms with Gasteiger partial charge in [0.25, 0.3) is 5.91 Å². The maximum Gasteiger partial charge on any atom is 0.270 e. The van der Waals surface area contributed by atoms with E-state index >= 15 is 0 Å². The van der Waals surface area contributed by atoms with Crippen molar-refractivity contribution in [3.63, 3.8) is 0 Å². The van der Waals surface area contributed by atoms with Gasteiger partial charge in [-0.25, -0.2) is 5.48 Å². The lowest BCUT2D eigenvalue weighted by molar-refractivity contribution is -0.125. The van der Waals surface area contributed by atoms with Crippen molar-refractivity contribution in [1.82, 2.24) is 5.48 Å². The molecular formula is C14H16N2O3. The van der Waals surface area contributed by atoms with Gasteiger partial charge >= 0.3 is 0 Å². The number of carbonyl (C=O) groups excluding carboxylic acids is 2. The fourth-order valence-electron chi connectivity index (χ4n) is 1.92. The van der Waals surface area contributed by atoms with Crippen LogP contribution in [0.3, 0.4) is 0 Å². The van der Waals surface area contributed by atoms with E-state index in [1.807, 2.05) is 32.0 Å². The summed E-state index contributed by atoms with van der Waals surface area (Å²) in [7, 11) is 0. The molecule has 0 fully saturated rings. The zero-order chi connectivity index (χ0) is 14.0. The number of benzene rings is 1. The van der Waals surface area contributed by atoms with Gasteiger partial charge in [-0.1, -0.05) is 19.9 Å². The minimum Gasteiger partial charge on any atom is -0.326 e. The zero-order valence-corrected chi connectivity index (χ0v) is 10.9. The van der Waals surface area contributed by atoms with Gasteiger partial charge < -0.3 is 5.32 Å². The molecule has 0 aliphatic heterocycles. The van der Waals surface area contributed by atoms with Crippen molar-refractivity contribution in [2.45, 2.75) is 20.3 Å². The number of anilines is 1. The Labute approximate surface area is 111 Å². The molecule has 1 aromatic carbocycles. The summed E-state index contributed by atoms with van der Waals surface area (Å²) < 4.78 is 0. The van der Waals surface area contributed by atoms with E-state index in [4.69, 9.17) is 5.21 Å². The molecule has 19 heavy (non-hydrogen) atoms. The Balaban J connectivity index is 2.19. The molecule has 0 aromatic heterocycles. The highest BCUT2D eigenvalue weighted by atomic mass is 16.5. The van der Waals surface area contributed by atoms with Crippen molar-refractivity contribution in [2.24, 2.45) is 5.92 Å². The predicted molar refractivity (Wildman–Crippen MR) is 71.5 cm³/mol. The lowest BCUT2D eigenvalue weighted by Gasteiger charge is -2.09. The lowest BCUT2D eigenvalue weighted by atomic mass is 10.1. The summed E-state index contributed by atoms with van der Waals surface area (Å²) in [6.45, 7) is 3.65. The summed E-state index contributed by atoms with van der Waals surface area (Å²) in [5, 5.41) is 11.4. The Morgan fingerprint density at radius 3 is 2.68 bits per heavy atom. The standard InChI is InChI=1S/C14H16N2O3/c1-8(2)13(17)15-12-4-3-9-5-11(14(18)16-19)6-10(9)7-12/h3-4,6-8,19H,5H2,1-2H3,(H,15,17)(H,16,18). The topological polar surface area (TPSA) is 78.4 Å². The average molecular weight is 260 g/mol. The van der Waals surface area contributed by atoms with E-state index in [2.05, 4.69) is 5.32 Å². The van der Waals surface area contributed by atoms with Crippen LogP contribution in [0.15, 0.2) is 23.8 Å². The minimum atomic E-state index is -0.496.